The third kappa shape index (κ3) is 5.81. The number of benzene rings is 1. The maximum atomic E-state index is 12.4. The highest BCUT2D eigenvalue weighted by atomic mass is 16.6. The monoisotopic (exact) mass is 322 g/mol. The molecule has 0 unspecified atom stereocenters. The Morgan fingerprint density at radius 1 is 1.09 bits per heavy atom. The minimum Gasteiger partial charge on any atom is -0.497 e. The van der Waals surface area contributed by atoms with Crippen LogP contribution in [-0.2, 0) is 9.53 Å². The van der Waals surface area contributed by atoms with E-state index in [0.717, 1.165) is 5.56 Å². The smallest absolute Gasteiger partial charge is 0.408 e. The van der Waals surface area contributed by atoms with E-state index in [1.807, 2.05) is 13.0 Å². The molecular formula is C17H26N2O4. The molecule has 0 spiro atoms. The molecule has 23 heavy (non-hydrogen) atoms. The maximum Gasteiger partial charge on any atom is 0.408 e. The summed E-state index contributed by atoms with van der Waals surface area (Å²) in [7, 11) is 1.58. The van der Waals surface area contributed by atoms with Gasteiger partial charge in [-0.25, -0.2) is 4.79 Å². The van der Waals surface area contributed by atoms with Gasteiger partial charge in [-0.3, -0.25) is 4.79 Å². The molecule has 1 rings (SSSR count). The van der Waals surface area contributed by atoms with Gasteiger partial charge in [-0.05, 0) is 65.3 Å². The summed E-state index contributed by atoms with van der Waals surface area (Å²) in [5, 5.41) is 5.38. The number of amides is 2. The fourth-order valence-electron chi connectivity index (χ4n) is 1.80. The zero-order valence-electron chi connectivity index (χ0n) is 14.9. The molecule has 2 N–H and O–H groups in total. The van der Waals surface area contributed by atoms with Crippen LogP contribution in [0.1, 0.15) is 40.2 Å². The molecule has 0 saturated heterocycles. The number of alkyl carbamates (subject to hydrolysis) is 1. The van der Waals surface area contributed by atoms with E-state index in [-0.39, 0.29) is 5.91 Å². The van der Waals surface area contributed by atoms with Crippen LogP contribution in [0.25, 0.3) is 0 Å². The Bertz CT molecular complexity index is 589. The van der Waals surface area contributed by atoms with Gasteiger partial charge in [-0.1, -0.05) is 0 Å². The van der Waals surface area contributed by atoms with Crippen LogP contribution in [-0.4, -0.2) is 30.3 Å². The highest BCUT2D eigenvalue weighted by Gasteiger charge is 2.31. The molecule has 2 amide bonds. The van der Waals surface area contributed by atoms with Crippen molar-refractivity contribution in [2.24, 2.45) is 0 Å². The van der Waals surface area contributed by atoms with E-state index in [1.165, 1.54) is 0 Å². The molecule has 1 aromatic carbocycles. The molecule has 6 heteroatoms. The van der Waals surface area contributed by atoms with Crippen molar-refractivity contribution < 1.29 is 19.1 Å². The van der Waals surface area contributed by atoms with E-state index in [9.17, 15) is 9.59 Å². The lowest BCUT2D eigenvalue weighted by atomic mass is 10.0. The molecule has 0 bridgehead atoms. The van der Waals surface area contributed by atoms with Crippen LogP contribution in [0.5, 0.6) is 5.75 Å². The first-order chi connectivity index (χ1) is 10.4. The molecule has 0 aromatic heterocycles. The summed E-state index contributed by atoms with van der Waals surface area (Å²) in [6.45, 7) is 10.4. The Morgan fingerprint density at radius 3 is 2.17 bits per heavy atom. The summed E-state index contributed by atoms with van der Waals surface area (Å²) in [6, 6.07) is 5.34. The number of methoxy groups -OCH3 is 1. The third-order valence-corrected chi connectivity index (χ3v) is 3.06. The standard InChI is InChI=1S/C17H26N2O4/c1-11-10-12(22-7)8-9-13(11)18-14(20)17(5,6)19-15(21)23-16(2,3)4/h8-10H,1-7H3,(H,18,20)(H,19,21). The van der Waals surface area contributed by atoms with E-state index >= 15 is 0 Å². The van der Waals surface area contributed by atoms with Gasteiger partial charge in [0.1, 0.15) is 16.9 Å². The number of ether oxygens (including phenoxy) is 2. The second kappa shape index (κ2) is 6.89. The predicted molar refractivity (Wildman–Crippen MR) is 89.8 cm³/mol. The molecular weight excluding hydrogens is 296 g/mol. The largest absolute Gasteiger partial charge is 0.497 e. The first kappa shape index (κ1) is 18.8. The van der Waals surface area contributed by atoms with Crippen LogP contribution in [0.4, 0.5) is 10.5 Å². The van der Waals surface area contributed by atoms with E-state index in [0.29, 0.717) is 11.4 Å². The van der Waals surface area contributed by atoms with Crippen molar-refractivity contribution in [3.05, 3.63) is 23.8 Å². The molecule has 0 heterocycles. The second-order valence-corrected chi connectivity index (χ2v) is 6.89. The van der Waals surface area contributed by atoms with Crippen molar-refractivity contribution in [3.63, 3.8) is 0 Å². The Morgan fingerprint density at radius 2 is 1.70 bits per heavy atom. The minimum absolute atomic E-state index is 0.336. The van der Waals surface area contributed by atoms with E-state index in [1.54, 1.807) is 53.9 Å². The highest BCUT2D eigenvalue weighted by molar-refractivity contribution is 5.99. The normalized spacial score (nSPS) is 11.6. The van der Waals surface area contributed by atoms with Gasteiger partial charge in [0.15, 0.2) is 0 Å². The molecule has 1 aromatic rings. The molecule has 0 atom stereocenters. The lowest BCUT2D eigenvalue weighted by Gasteiger charge is -2.28. The minimum atomic E-state index is -1.12. The molecule has 0 aliphatic rings. The van der Waals surface area contributed by atoms with Gasteiger partial charge in [0.05, 0.1) is 7.11 Å². The predicted octanol–water partition coefficient (Wildman–Crippen LogP) is 3.25. The van der Waals surface area contributed by atoms with E-state index in [4.69, 9.17) is 9.47 Å². The Kier molecular flexibility index (Phi) is 5.64. The fourth-order valence-corrected chi connectivity index (χ4v) is 1.80. The van der Waals surface area contributed by atoms with Crippen LogP contribution in [0, 0.1) is 6.92 Å². The number of carbonyl (C=O) groups excluding carboxylic acids is 2. The Labute approximate surface area is 137 Å². The lowest BCUT2D eigenvalue weighted by Crippen LogP contribution is -2.53. The number of hydrogen-bond donors (Lipinski definition) is 2. The summed E-state index contributed by atoms with van der Waals surface area (Å²) in [5.74, 6) is 0.378. The molecule has 0 fully saturated rings. The van der Waals surface area contributed by atoms with Gasteiger partial charge in [0.25, 0.3) is 0 Å². The van der Waals surface area contributed by atoms with E-state index < -0.39 is 17.2 Å². The van der Waals surface area contributed by atoms with Crippen LogP contribution in [0.15, 0.2) is 18.2 Å². The average molecular weight is 322 g/mol. The molecule has 0 radical (unpaired) electrons. The summed E-state index contributed by atoms with van der Waals surface area (Å²) < 4.78 is 10.3. The van der Waals surface area contributed by atoms with Crippen molar-refractivity contribution in [2.75, 3.05) is 12.4 Å². The maximum absolute atomic E-state index is 12.4. The van der Waals surface area contributed by atoms with Gasteiger partial charge in [-0.15, -0.1) is 0 Å². The zero-order valence-corrected chi connectivity index (χ0v) is 14.9. The van der Waals surface area contributed by atoms with Crippen LogP contribution in [0.3, 0.4) is 0 Å². The quantitative estimate of drug-likeness (QED) is 0.892. The zero-order chi connectivity index (χ0) is 17.8. The number of nitrogens with one attached hydrogen (secondary N) is 2. The Hall–Kier alpha value is -2.24. The molecule has 128 valence electrons. The topological polar surface area (TPSA) is 76.7 Å². The van der Waals surface area contributed by atoms with Gasteiger partial charge in [0, 0.05) is 5.69 Å². The van der Waals surface area contributed by atoms with Crippen molar-refractivity contribution in [1.82, 2.24) is 5.32 Å². The Balaban J connectivity index is 2.77. The molecule has 0 saturated carbocycles. The molecule has 0 aliphatic heterocycles. The fraction of sp³-hybridized carbons (Fsp3) is 0.529. The first-order valence-electron chi connectivity index (χ1n) is 7.42. The van der Waals surface area contributed by atoms with Gasteiger partial charge >= 0.3 is 6.09 Å². The number of anilines is 1. The highest BCUT2D eigenvalue weighted by Crippen LogP contribution is 2.22. The summed E-state index contributed by atoms with van der Waals surface area (Å²) in [4.78, 5) is 24.3. The number of aryl methyl sites for hydroxylation is 1. The molecule has 0 aliphatic carbocycles. The van der Waals surface area contributed by atoms with Crippen LogP contribution >= 0.6 is 0 Å². The summed E-state index contributed by atoms with van der Waals surface area (Å²) in [6.07, 6.45) is -0.635. The van der Waals surface area contributed by atoms with Gasteiger partial charge < -0.3 is 20.1 Å². The van der Waals surface area contributed by atoms with Crippen molar-refractivity contribution in [3.8, 4) is 5.75 Å². The number of rotatable bonds is 4. The van der Waals surface area contributed by atoms with Crippen molar-refractivity contribution in [1.29, 1.82) is 0 Å². The summed E-state index contributed by atoms with van der Waals surface area (Å²) >= 11 is 0. The second-order valence-electron chi connectivity index (χ2n) is 6.89. The number of carbonyl (C=O) groups is 2. The average Bonchev–Trinajstić information content (AvgIpc) is 2.37. The van der Waals surface area contributed by atoms with E-state index in [2.05, 4.69) is 10.6 Å². The van der Waals surface area contributed by atoms with Gasteiger partial charge in [0.2, 0.25) is 5.91 Å². The SMILES string of the molecule is COc1ccc(NC(=O)C(C)(C)NC(=O)OC(C)(C)C)c(C)c1. The van der Waals surface area contributed by atoms with Crippen LogP contribution in [0.2, 0.25) is 0 Å². The van der Waals surface area contributed by atoms with Gasteiger partial charge in [-0.2, -0.15) is 0 Å². The van der Waals surface area contributed by atoms with Crippen molar-refractivity contribution in [2.45, 2.75) is 52.7 Å². The summed E-state index contributed by atoms with van der Waals surface area (Å²) in [5.41, 5.74) is -0.210. The van der Waals surface area contributed by atoms with Crippen molar-refractivity contribution >= 4 is 17.7 Å². The molecule has 6 nitrogen and oxygen atoms in total. The lowest BCUT2D eigenvalue weighted by molar-refractivity contribution is -0.121. The first-order valence-corrected chi connectivity index (χ1v) is 7.42. The third-order valence-electron chi connectivity index (χ3n) is 3.06. The van der Waals surface area contributed by atoms with Crippen LogP contribution < -0.4 is 15.4 Å². The number of hydrogen-bond acceptors (Lipinski definition) is 4.